The molecule has 5 nitrogen and oxygen atoms in total. The zero-order valence-corrected chi connectivity index (χ0v) is 12.2. The average molecular weight is 310 g/mol. The Hall–Kier alpha value is -1.75. The first-order valence-electron chi connectivity index (χ1n) is 7.01. The highest BCUT2D eigenvalue weighted by molar-refractivity contribution is 6.30. The van der Waals surface area contributed by atoms with Crippen LogP contribution in [-0.2, 0) is 16.0 Å². The molecule has 1 aromatic carbocycles. The summed E-state index contributed by atoms with van der Waals surface area (Å²) in [6.07, 6.45) is 1.27. The standard InChI is InChI=1S/C15H16ClNO4/c16-11-3-4-12-10(6-11)7-13(21-12)14(18)17-5-1-2-9(8-17)15(19)20/h3-4,6,9,13H,1-2,5,7-8H2,(H,19,20). The Balaban J connectivity index is 1.68. The number of carbonyl (C=O) groups is 2. The number of hydrogen-bond donors (Lipinski definition) is 1. The molecule has 1 saturated heterocycles. The average Bonchev–Trinajstić information content (AvgIpc) is 2.89. The quantitative estimate of drug-likeness (QED) is 0.907. The molecule has 2 atom stereocenters. The monoisotopic (exact) mass is 309 g/mol. The molecule has 112 valence electrons. The molecule has 0 radical (unpaired) electrons. The summed E-state index contributed by atoms with van der Waals surface area (Å²) < 4.78 is 5.68. The van der Waals surface area contributed by atoms with Gasteiger partial charge in [0.25, 0.3) is 5.91 Å². The number of benzene rings is 1. The molecule has 0 bridgehead atoms. The number of rotatable bonds is 2. The first kappa shape index (κ1) is 14.2. The predicted molar refractivity (Wildman–Crippen MR) is 76.5 cm³/mol. The van der Waals surface area contributed by atoms with E-state index in [0.29, 0.717) is 36.6 Å². The summed E-state index contributed by atoms with van der Waals surface area (Å²) in [5.41, 5.74) is 0.924. The van der Waals surface area contributed by atoms with Gasteiger partial charge in [0, 0.05) is 24.5 Å². The van der Waals surface area contributed by atoms with Crippen molar-refractivity contribution in [3.8, 4) is 5.75 Å². The molecule has 1 N–H and O–H groups in total. The Bertz CT molecular complexity index is 589. The number of carboxylic acids is 1. The first-order valence-corrected chi connectivity index (χ1v) is 7.39. The molecule has 3 rings (SSSR count). The van der Waals surface area contributed by atoms with E-state index in [4.69, 9.17) is 21.4 Å². The molecule has 1 aromatic rings. The van der Waals surface area contributed by atoms with Gasteiger partial charge in [-0.15, -0.1) is 0 Å². The molecule has 0 spiro atoms. The Morgan fingerprint density at radius 1 is 1.38 bits per heavy atom. The maximum Gasteiger partial charge on any atom is 0.308 e. The van der Waals surface area contributed by atoms with E-state index in [9.17, 15) is 9.59 Å². The number of carbonyl (C=O) groups excluding carboxylic acids is 1. The van der Waals surface area contributed by atoms with Crippen molar-refractivity contribution in [3.63, 3.8) is 0 Å². The molecular formula is C15H16ClNO4. The highest BCUT2D eigenvalue weighted by Gasteiger charge is 2.35. The van der Waals surface area contributed by atoms with Gasteiger partial charge in [-0.05, 0) is 36.6 Å². The van der Waals surface area contributed by atoms with Gasteiger partial charge in [0.05, 0.1) is 5.92 Å². The van der Waals surface area contributed by atoms with Gasteiger partial charge in [-0.1, -0.05) is 11.6 Å². The molecule has 2 unspecified atom stereocenters. The van der Waals surface area contributed by atoms with Crippen LogP contribution >= 0.6 is 11.6 Å². The summed E-state index contributed by atoms with van der Waals surface area (Å²) in [5, 5.41) is 9.71. The second kappa shape index (κ2) is 5.56. The molecule has 0 saturated carbocycles. The minimum Gasteiger partial charge on any atom is -0.481 e. The van der Waals surface area contributed by atoms with E-state index in [1.54, 1.807) is 23.1 Å². The van der Waals surface area contributed by atoms with E-state index < -0.39 is 18.0 Å². The van der Waals surface area contributed by atoms with Gasteiger partial charge < -0.3 is 14.7 Å². The van der Waals surface area contributed by atoms with Crippen molar-refractivity contribution in [3.05, 3.63) is 28.8 Å². The van der Waals surface area contributed by atoms with E-state index in [2.05, 4.69) is 0 Å². The van der Waals surface area contributed by atoms with Crippen molar-refractivity contribution < 1.29 is 19.4 Å². The zero-order valence-electron chi connectivity index (χ0n) is 11.4. The minimum atomic E-state index is -0.838. The lowest BCUT2D eigenvalue weighted by atomic mass is 9.97. The van der Waals surface area contributed by atoms with Gasteiger partial charge in [-0.2, -0.15) is 0 Å². The van der Waals surface area contributed by atoms with Gasteiger partial charge in [-0.3, -0.25) is 9.59 Å². The van der Waals surface area contributed by atoms with E-state index in [-0.39, 0.29) is 12.5 Å². The van der Waals surface area contributed by atoms with Crippen LogP contribution in [0.2, 0.25) is 5.02 Å². The largest absolute Gasteiger partial charge is 0.481 e. The van der Waals surface area contributed by atoms with Crippen molar-refractivity contribution in [1.82, 2.24) is 4.90 Å². The SMILES string of the molecule is O=C(O)C1CCCN(C(=O)C2Cc3cc(Cl)ccc3O2)C1. The molecular weight excluding hydrogens is 294 g/mol. The van der Waals surface area contributed by atoms with Crippen LogP contribution < -0.4 is 4.74 Å². The van der Waals surface area contributed by atoms with Gasteiger partial charge in [0.15, 0.2) is 6.10 Å². The van der Waals surface area contributed by atoms with Crippen LogP contribution in [-0.4, -0.2) is 41.1 Å². The molecule has 21 heavy (non-hydrogen) atoms. The Labute approximate surface area is 127 Å². The smallest absolute Gasteiger partial charge is 0.308 e. The van der Waals surface area contributed by atoms with Crippen LogP contribution in [0.4, 0.5) is 0 Å². The Kier molecular flexibility index (Phi) is 3.76. The lowest BCUT2D eigenvalue weighted by Gasteiger charge is -2.32. The summed E-state index contributed by atoms with van der Waals surface area (Å²) in [7, 11) is 0. The maximum atomic E-state index is 12.5. The van der Waals surface area contributed by atoms with Crippen LogP contribution in [0.5, 0.6) is 5.75 Å². The van der Waals surface area contributed by atoms with Crippen molar-refractivity contribution in [2.45, 2.75) is 25.4 Å². The summed E-state index contributed by atoms with van der Waals surface area (Å²) >= 11 is 5.94. The number of aliphatic carboxylic acids is 1. The van der Waals surface area contributed by atoms with Crippen molar-refractivity contribution in [2.75, 3.05) is 13.1 Å². The number of carboxylic acid groups (broad SMARTS) is 1. The molecule has 0 aromatic heterocycles. The Morgan fingerprint density at radius 2 is 2.19 bits per heavy atom. The summed E-state index contributed by atoms with van der Waals surface area (Å²) in [4.78, 5) is 25.2. The second-order valence-electron chi connectivity index (χ2n) is 5.52. The normalized spacial score (nSPS) is 24.3. The lowest BCUT2D eigenvalue weighted by Crippen LogP contribution is -2.47. The van der Waals surface area contributed by atoms with Crippen LogP contribution in [0, 0.1) is 5.92 Å². The predicted octanol–water partition coefficient (Wildman–Crippen LogP) is 1.97. The molecule has 1 amide bonds. The second-order valence-corrected chi connectivity index (χ2v) is 5.96. The third-order valence-corrected chi connectivity index (χ3v) is 4.29. The molecule has 2 aliphatic rings. The Morgan fingerprint density at radius 3 is 2.95 bits per heavy atom. The van der Waals surface area contributed by atoms with Gasteiger partial charge >= 0.3 is 5.97 Å². The van der Waals surface area contributed by atoms with E-state index >= 15 is 0 Å². The van der Waals surface area contributed by atoms with Crippen LogP contribution in [0.3, 0.4) is 0 Å². The highest BCUT2D eigenvalue weighted by Crippen LogP contribution is 2.32. The number of likely N-dealkylation sites (tertiary alicyclic amines) is 1. The number of amides is 1. The van der Waals surface area contributed by atoms with E-state index in [1.807, 2.05) is 0 Å². The third-order valence-electron chi connectivity index (χ3n) is 4.05. The van der Waals surface area contributed by atoms with Gasteiger partial charge in [0.2, 0.25) is 0 Å². The number of halogens is 1. The zero-order chi connectivity index (χ0) is 15.0. The molecule has 1 fully saturated rings. The van der Waals surface area contributed by atoms with Crippen molar-refractivity contribution in [2.24, 2.45) is 5.92 Å². The fraction of sp³-hybridized carbons (Fsp3) is 0.467. The molecule has 0 aliphatic carbocycles. The topological polar surface area (TPSA) is 66.8 Å². The van der Waals surface area contributed by atoms with E-state index in [1.165, 1.54) is 0 Å². The highest BCUT2D eigenvalue weighted by atomic mass is 35.5. The maximum absolute atomic E-state index is 12.5. The molecule has 2 heterocycles. The van der Waals surface area contributed by atoms with Crippen LogP contribution in [0.15, 0.2) is 18.2 Å². The fourth-order valence-electron chi connectivity index (χ4n) is 2.94. The van der Waals surface area contributed by atoms with Gasteiger partial charge in [0.1, 0.15) is 5.75 Å². The fourth-order valence-corrected chi connectivity index (χ4v) is 3.13. The lowest BCUT2D eigenvalue weighted by molar-refractivity contribution is -0.147. The van der Waals surface area contributed by atoms with Crippen molar-refractivity contribution >= 4 is 23.5 Å². The van der Waals surface area contributed by atoms with Crippen molar-refractivity contribution in [1.29, 1.82) is 0 Å². The third kappa shape index (κ3) is 2.83. The number of piperidine rings is 1. The first-order chi connectivity index (χ1) is 10.0. The number of fused-ring (bicyclic) bond motifs is 1. The minimum absolute atomic E-state index is 0.131. The molecule has 6 heteroatoms. The summed E-state index contributed by atoms with van der Waals surface area (Å²) in [6, 6.07) is 5.30. The van der Waals surface area contributed by atoms with Crippen LogP contribution in [0.25, 0.3) is 0 Å². The van der Waals surface area contributed by atoms with Gasteiger partial charge in [-0.25, -0.2) is 0 Å². The molecule has 2 aliphatic heterocycles. The van der Waals surface area contributed by atoms with Crippen LogP contribution in [0.1, 0.15) is 18.4 Å². The number of nitrogens with zero attached hydrogens (tertiary/aromatic N) is 1. The number of hydrogen-bond acceptors (Lipinski definition) is 3. The van der Waals surface area contributed by atoms with E-state index in [0.717, 1.165) is 5.56 Å². The number of ether oxygens (including phenoxy) is 1. The summed E-state index contributed by atoms with van der Waals surface area (Å²) in [5.74, 6) is -0.756. The summed E-state index contributed by atoms with van der Waals surface area (Å²) in [6.45, 7) is 0.866.